The molecule has 0 aromatic carbocycles. The molecule has 4 heteroatoms. The molecule has 0 spiro atoms. The monoisotopic (exact) mass is 250 g/mol. The summed E-state index contributed by atoms with van der Waals surface area (Å²) in [4.78, 5) is 4.34. The molecule has 0 radical (unpaired) electrons. The van der Waals surface area contributed by atoms with Gasteiger partial charge in [0.25, 0.3) is 0 Å². The number of hydrogen-bond acceptors (Lipinski definition) is 4. The van der Waals surface area contributed by atoms with E-state index in [2.05, 4.69) is 4.98 Å². The van der Waals surface area contributed by atoms with Crippen LogP contribution in [0.5, 0.6) is 0 Å². The van der Waals surface area contributed by atoms with Gasteiger partial charge in [-0.05, 0) is 37.3 Å². The van der Waals surface area contributed by atoms with Crippen LogP contribution in [-0.4, -0.2) is 24.3 Å². The van der Waals surface area contributed by atoms with Crippen LogP contribution in [0.2, 0.25) is 0 Å². The molecular formula is C14H22N2O2. The maximum atomic E-state index is 5.90. The molecule has 1 saturated carbocycles. The first-order chi connectivity index (χ1) is 8.81. The Morgan fingerprint density at radius 3 is 2.83 bits per heavy atom. The van der Waals surface area contributed by atoms with E-state index in [9.17, 15) is 0 Å². The van der Waals surface area contributed by atoms with E-state index in [1.54, 1.807) is 7.11 Å². The van der Waals surface area contributed by atoms with Crippen molar-refractivity contribution in [1.29, 1.82) is 0 Å². The number of nitrogens with two attached hydrogens (primary N) is 1. The molecule has 0 bridgehead atoms. The van der Waals surface area contributed by atoms with Gasteiger partial charge in [0.05, 0.1) is 24.5 Å². The summed E-state index contributed by atoms with van der Waals surface area (Å²) in [7, 11) is 1.78. The lowest BCUT2D eigenvalue weighted by Gasteiger charge is -2.28. The second kappa shape index (κ2) is 6.83. The minimum atomic E-state index is 0.305. The molecule has 1 aliphatic rings. The van der Waals surface area contributed by atoms with Crippen molar-refractivity contribution in [3.8, 4) is 0 Å². The molecule has 0 amide bonds. The SMILES string of the molecule is COC1CCCC(OCc2ccc(CN)cn2)C1. The minimum Gasteiger partial charge on any atom is -0.381 e. The van der Waals surface area contributed by atoms with Crippen LogP contribution in [0, 0.1) is 0 Å². The van der Waals surface area contributed by atoms with Gasteiger partial charge in [0.15, 0.2) is 0 Å². The summed E-state index contributed by atoms with van der Waals surface area (Å²) in [5.74, 6) is 0. The van der Waals surface area contributed by atoms with Crippen LogP contribution in [0.3, 0.4) is 0 Å². The molecule has 100 valence electrons. The zero-order valence-electron chi connectivity index (χ0n) is 11.0. The van der Waals surface area contributed by atoms with Crippen molar-refractivity contribution >= 4 is 0 Å². The first-order valence-electron chi connectivity index (χ1n) is 6.60. The number of aromatic nitrogens is 1. The van der Waals surface area contributed by atoms with Gasteiger partial charge in [-0.25, -0.2) is 0 Å². The Morgan fingerprint density at radius 2 is 2.17 bits per heavy atom. The Hall–Kier alpha value is -0.970. The first-order valence-corrected chi connectivity index (χ1v) is 6.60. The van der Waals surface area contributed by atoms with E-state index in [-0.39, 0.29) is 0 Å². The first kappa shape index (κ1) is 13.5. The van der Waals surface area contributed by atoms with Crippen LogP contribution in [0.1, 0.15) is 36.9 Å². The number of ether oxygens (including phenoxy) is 2. The van der Waals surface area contributed by atoms with E-state index in [0.29, 0.717) is 25.4 Å². The molecular weight excluding hydrogens is 228 g/mol. The predicted molar refractivity (Wildman–Crippen MR) is 70.0 cm³/mol. The molecule has 18 heavy (non-hydrogen) atoms. The van der Waals surface area contributed by atoms with E-state index in [4.69, 9.17) is 15.2 Å². The molecule has 4 nitrogen and oxygen atoms in total. The average Bonchev–Trinajstić information content (AvgIpc) is 2.46. The van der Waals surface area contributed by atoms with Gasteiger partial charge < -0.3 is 15.2 Å². The summed E-state index contributed by atoms with van der Waals surface area (Å²) in [6.07, 6.45) is 6.94. The molecule has 0 aliphatic heterocycles. The van der Waals surface area contributed by atoms with Crippen LogP contribution >= 0.6 is 0 Å². The molecule has 2 unspecified atom stereocenters. The van der Waals surface area contributed by atoms with Crippen LogP contribution in [0.15, 0.2) is 18.3 Å². The lowest BCUT2D eigenvalue weighted by molar-refractivity contribution is -0.0372. The van der Waals surface area contributed by atoms with Crippen LogP contribution < -0.4 is 5.73 Å². The fraction of sp³-hybridized carbons (Fsp3) is 0.643. The predicted octanol–water partition coefficient (Wildman–Crippen LogP) is 2.01. The van der Waals surface area contributed by atoms with E-state index in [0.717, 1.165) is 30.5 Å². The van der Waals surface area contributed by atoms with E-state index in [1.807, 2.05) is 18.3 Å². The zero-order chi connectivity index (χ0) is 12.8. The third-order valence-corrected chi connectivity index (χ3v) is 3.50. The molecule has 1 aromatic rings. The number of pyridine rings is 1. The quantitative estimate of drug-likeness (QED) is 0.868. The second-order valence-corrected chi connectivity index (χ2v) is 4.82. The van der Waals surface area contributed by atoms with E-state index in [1.165, 1.54) is 6.42 Å². The fourth-order valence-corrected chi connectivity index (χ4v) is 2.33. The maximum absolute atomic E-state index is 5.90. The van der Waals surface area contributed by atoms with Gasteiger partial charge in [-0.1, -0.05) is 6.07 Å². The van der Waals surface area contributed by atoms with E-state index < -0.39 is 0 Å². The lowest BCUT2D eigenvalue weighted by Crippen LogP contribution is -2.27. The largest absolute Gasteiger partial charge is 0.381 e. The van der Waals surface area contributed by atoms with Crippen LogP contribution in [0.4, 0.5) is 0 Å². The summed E-state index contributed by atoms with van der Waals surface area (Å²) in [6.45, 7) is 1.11. The van der Waals surface area contributed by atoms with Gasteiger partial charge >= 0.3 is 0 Å². The smallest absolute Gasteiger partial charge is 0.0891 e. The topological polar surface area (TPSA) is 57.4 Å². The summed E-state index contributed by atoms with van der Waals surface area (Å²) < 4.78 is 11.3. The third-order valence-electron chi connectivity index (χ3n) is 3.50. The normalized spacial score (nSPS) is 24.1. The van der Waals surface area contributed by atoms with Crippen molar-refractivity contribution in [2.45, 2.75) is 51.0 Å². The highest BCUT2D eigenvalue weighted by Gasteiger charge is 2.22. The van der Waals surface area contributed by atoms with Crippen molar-refractivity contribution in [3.05, 3.63) is 29.6 Å². The fourth-order valence-electron chi connectivity index (χ4n) is 2.33. The molecule has 1 aromatic heterocycles. The Labute approximate surface area is 108 Å². The molecule has 2 rings (SSSR count). The van der Waals surface area contributed by atoms with Crippen molar-refractivity contribution < 1.29 is 9.47 Å². The van der Waals surface area contributed by atoms with E-state index >= 15 is 0 Å². The van der Waals surface area contributed by atoms with Gasteiger partial charge in [-0.15, -0.1) is 0 Å². The van der Waals surface area contributed by atoms with Crippen LogP contribution in [-0.2, 0) is 22.6 Å². The number of hydrogen-bond donors (Lipinski definition) is 1. The van der Waals surface area contributed by atoms with Gasteiger partial charge in [0.2, 0.25) is 0 Å². The summed E-state index contributed by atoms with van der Waals surface area (Å²) in [5.41, 5.74) is 7.55. The third kappa shape index (κ3) is 3.77. The Bertz CT molecular complexity index is 353. The molecule has 0 saturated heterocycles. The summed E-state index contributed by atoms with van der Waals surface area (Å²) in [5, 5.41) is 0. The number of methoxy groups -OCH3 is 1. The standard InChI is InChI=1S/C14H22N2O2/c1-17-13-3-2-4-14(7-13)18-10-12-6-5-11(8-15)9-16-12/h5-6,9,13-14H,2-4,7-8,10,15H2,1H3. The Morgan fingerprint density at radius 1 is 1.33 bits per heavy atom. The molecule has 2 N–H and O–H groups in total. The highest BCUT2D eigenvalue weighted by atomic mass is 16.5. The van der Waals surface area contributed by atoms with Crippen molar-refractivity contribution in [2.24, 2.45) is 5.73 Å². The maximum Gasteiger partial charge on any atom is 0.0891 e. The highest BCUT2D eigenvalue weighted by molar-refractivity contribution is 5.13. The molecule has 1 fully saturated rings. The number of rotatable bonds is 5. The molecule has 1 aliphatic carbocycles. The van der Waals surface area contributed by atoms with Gasteiger partial charge in [-0.2, -0.15) is 0 Å². The summed E-state index contributed by atoms with van der Waals surface area (Å²) in [6, 6.07) is 3.99. The average molecular weight is 250 g/mol. The molecule has 1 heterocycles. The van der Waals surface area contributed by atoms with Crippen molar-refractivity contribution in [1.82, 2.24) is 4.98 Å². The van der Waals surface area contributed by atoms with Gasteiger partial charge in [0, 0.05) is 19.9 Å². The Kier molecular flexibility index (Phi) is 5.11. The number of nitrogens with zero attached hydrogens (tertiary/aromatic N) is 1. The second-order valence-electron chi connectivity index (χ2n) is 4.82. The Balaban J connectivity index is 1.79. The lowest BCUT2D eigenvalue weighted by atomic mass is 9.95. The van der Waals surface area contributed by atoms with Crippen molar-refractivity contribution in [3.63, 3.8) is 0 Å². The highest BCUT2D eigenvalue weighted by Crippen LogP contribution is 2.23. The minimum absolute atomic E-state index is 0.305. The molecule has 2 atom stereocenters. The van der Waals surface area contributed by atoms with Gasteiger partial charge in [0.1, 0.15) is 0 Å². The summed E-state index contributed by atoms with van der Waals surface area (Å²) >= 11 is 0. The van der Waals surface area contributed by atoms with Crippen molar-refractivity contribution in [2.75, 3.05) is 7.11 Å². The van der Waals surface area contributed by atoms with Crippen LogP contribution in [0.25, 0.3) is 0 Å². The zero-order valence-corrected chi connectivity index (χ0v) is 11.0. The van der Waals surface area contributed by atoms with Gasteiger partial charge in [-0.3, -0.25) is 4.98 Å².